The Hall–Kier alpha value is -2.64. The zero-order chi connectivity index (χ0) is 20.9. The molecule has 1 saturated carbocycles. The minimum atomic E-state index is -2.51. The molecule has 7 heteroatoms. The maximum absolute atomic E-state index is 13.4. The molecule has 2 aliphatic rings. The summed E-state index contributed by atoms with van der Waals surface area (Å²) in [4.78, 5) is 10.5. The zero-order valence-electron chi connectivity index (χ0n) is 16.6. The summed E-state index contributed by atoms with van der Waals surface area (Å²) in [6.07, 6.45) is 2.78. The van der Waals surface area contributed by atoms with Crippen molar-refractivity contribution in [1.82, 2.24) is 14.9 Å². The first kappa shape index (κ1) is 19.3. The van der Waals surface area contributed by atoms with Crippen molar-refractivity contribution in [3.63, 3.8) is 0 Å². The molecular weight excluding hydrogens is 388 g/mol. The quantitative estimate of drug-likeness (QED) is 0.672. The smallest absolute Gasteiger partial charge is 0.257 e. The molecule has 1 aromatic heterocycles. The lowest BCUT2D eigenvalue weighted by Crippen LogP contribution is -2.37. The molecule has 156 valence electrons. The average Bonchev–Trinajstić information content (AvgIpc) is 3.05. The van der Waals surface area contributed by atoms with Crippen LogP contribution in [0.15, 0.2) is 48.8 Å². The highest BCUT2D eigenvalue weighted by Crippen LogP contribution is 2.59. The molecule has 0 bridgehead atoms. The largest absolute Gasteiger partial charge is 0.490 e. The molecule has 1 aliphatic carbocycles. The number of hydrogen-bond acceptors (Lipinski definition) is 5. The Balaban J connectivity index is 1.33. The Labute approximate surface area is 173 Å². The number of benzene rings is 2. The number of nitrogens with zero attached hydrogens (tertiary/aromatic N) is 3. The lowest BCUT2D eigenvalue weighted by atomic mass is 9.99. The van der Waals surface area contributed by atoms with Gasteiger partial charge in [-0.2, -0.15) is 0 Å². The maximum Gasteiger partial charge on any atom is 0.257 e. The molecule has 3 aromatic rings. The summed E-state index contributed by atoms with van der Waals surface area (Å²) in [7, 11) is 0. The second-order valence-electron chi connectivity index (χ2n) is 8.25. The van der Waals surface area contributed by atoms with Gasteiger partial charge in [0.05, 0.1) is 0 Å². The van der Waals surface area contributed by atoms with Crippen molar-refractivity contribution in [2.24, 2.45) is 11.8 Å². The maximum atomic E-state index is 13.4. The topological polar surface area (TPSA) is 58.5 Å². The molecule has 2 aromatic carbocycles. The molecule has 3 atom stereocenters. The van der Waals surface area contributed by atoms with E-state index in [-0.39, 0.29) is 6.61 Å². The lowest BCUT2D eigenvalue weighted by Gasteiger charge is -2.23. The van der Waals surface area contributed by atoms with Gasteiger partial charge in [-0.15, -0.1) is 0 Å². The van der Waals surface area contributed by atoms with E-state index in [1.165, 1.54) is 0 Å². The Bertz CT molecular complexity index is 1060. The van der Waals surface area contributed by atoms with Crippen molar-refractivity contribution in [3.8, 4) is 16.9 Å². The minimum Gasteiger partial charge on any atom is -0.490 e. The SMILES string of the molecule is Cc1ncc(-c2c(OCC(O)CN3CC4C(C3)C4(F)F)ccc3ccccc23)cn1. The van der Waals surface area contributed by atoms with Crippen LogP contribution in [0.2, 0.25) is 0 Å². The van der Waals surface area contributed by atoms with E-state index in [0.29, 0.717) is 31.2 Å². The molecule has 30 heavy (non-hydrogen) atoms. The van der Waals surface area contributed by atoms with Crippen molar-refractivity contribution < 1.29 is 18.6 Å². The second-order valence-corrected chi connectivity index (χ2v) is 8.25. The first-order valence-corrected chi connectivity index (χ1v) is 10.2. The third-order valence-corrected chi connectivity index (χ3v) is 6.14. The summed E-state index contributed by atoms with van der Waals surface area (Å²) in [5.74, 6) is -2.27. The monoisotopic (exact) mass is 411 g/mol. The summed E-state index contributed by atoms with van der Waals surface area (Å²) in [5, 5.41) is 12.5. The molecule has 1 saturated heterocycles. The number of piperidine rings is 1. The van der Waals surface area contributed by atoms with Gasteiger partial charge in [0, 0.05) is 55.0 Å². The van der Waals surface area contributed by atoms with E-state index in [1.54, 1.807) is 12.4 Å². The number of β-amino-alcohol motifs (C(OH)–C–C–N with tert-alkyl or cyclic N) is 1. The van der Waals surface area contributed by atoms with Crippen LogP contribution < -0.4 is 4.74 Å². The van der Waals surface area contributed by atoms with Crippen LogP contribution in [-0.2, 0) is 0 Å². The predicted octanol–water partition coefficient (Wildman–Crippen LogP) is 3.54. The fourth-order valence-corrected chi connectivity index (χ4v) is 4.47. The van der Waals surface area contributed by atoms with E-state index in [2.05, 4.69) is 9.97 Å². The number of aliphatic hydroxyl groups is 1. The second kappa shape index (κ2) is 7.25. The number of alkyl halides is 2. The van der Waals surface area contributed by atoms with Gasteiger partial charge in [0.25, 0.3) is 5.92 Å². The van der Waals surface area contributed by atoms with Crippen LogP contribution in [0, 0.1) is 18.8 Å². The standard InChI is InChI=1S/C23H23F2N3O2/c1-14-26-8-16(9-27-14)22-18-5-3-2-4-15(18)6-7-21(22)30-13-17(29)10-28-11-19-20(12-28)23(19,24)25/h2-9,17,19-20,29H,10-13H2,1H3. The van der Waals surface area contributed by atoms with Crippen molar-refractivity contribution in [3.05, 3.63) is 54.6 Å². The van der Waals surface area contributed by atoms with Gasteiger partial charge in [-0.25, -0.2) is 18.7 Å². The molecule has 5 nitrogen and oxygen atoms in total. The lowest BCUT2D eigenvalue weighted by molar-refractivity contribution is 0.0303. The van der Waals surface area contributed by atoms with Gasteiger partial charge >= 0.3 is 0 Å². The van der Waals surface area contributed by atoms with Gasteiger partial charge in [-0.3, -0.25) is 4.90 Å². The number of ether oxygens (including phenoxy) is 1. The number of halogens is 2. The third-order valence-electron chi connectivity index (χ3n) is 6.14. The van der Waals surface area contributed by atoms with E-state index in [0.717, 1.165) is 21.9 Å². The van der Waals surface area contributed by atoms with E-state index in [1.807, 2.05) is 48.2 Å². The Morgan fingerprint density at radius 2 is 1.83 bits per heavy atom. The van der Waals surface area contributed by atoms with Crippen LogP contribution in [0.25, 0.3) is 21.9 Å². The fraction of sp³-hybridized carbons (Fsp3) is 0.391. The van der Waals surface area contributed by atoms with Crippen molar-refractivity contribution in [2.75, 3.05) is 26.2 Å². The fourth-order valence-electron chi connectivity index (χ4n) is 4.47. The minimum absolute atomic E-state index is 0.0836. The van der Waals surface area contributed by atoms with Crippen LogP contribution >= 0.6 is 0 Å². The molecule has 0 amide bonds. The number of aryl methyl sites for hydroxylation is 1. The average molecular weight is 411 g/mol. The summed E-state index contributed by atoms with van der Waals surface area (Å²) in [5.41, 5.74) is 1.71. The third kappa shape index (κ3) is 3.42. The number of hydrogen-bond donors (Lipinski definition) is 1. The van der Waals surface area contributed by atoms with Gasteiger partial charge in [0.2, 0.25) is 0 Å². The molecule has 0 spiro atoms. The van der Waals surface area contributed by atoms with E-state index >= 15 is 0 Å². The molecule has 1 aliphatic heterocycles. The summed E-state index contributed by atoms with van der Waals surface area (Å²) in [6.45, 7) is 2.94. The van der Waals surface area contributed by atoms with Gasteiger partial charge in [-0.05, 0) is 23.8 Å². The first-order chi connectivity index (χ1) is 14.4. The van der Waals surface area contributed by atoms with Gasteiger partial charge < -0.3 is 9.84 Å². The Morgan fingerprint density at radius 3 is 2.57 bits per heavy atom. The summed E-state index contributed by atoms with van der Waals surface area (Å²) in [6, 6.07) is 11.9. The molecule has 2 fully saturated rings. The molecule has 0 radical (unpaired) electrons. The van der Waals surface area contributed by atoms with Crippen molar-refractivity contribution in [2.45, 2.75) is 19.0 Å². The van der Waals surface area contributed by atoms with Crippen molar-refractivity contribution in [1.29, 1.82) is 0 Å². The number of fused-ring (bicyclic) bond motifs is 2. The zero-order valence-corrected chi connectivity index (χ0v) is 16.6. The summed E-state index contributed by atoms with van der Waals surface area (Å²) >= 11 is 0. The van der Waals surface area contributed by atoms with E-state index in [4.69, 9.17) is 4.74 Å². The van der Waals surface area contributed by atoms with Crippen LogP contribution in [-0.4, -0.2) is 58.2 Å². The highest BCUT2D eigenvalue weighted by atomic mass is 19.3. The highest BCUT2D eigenvalue weighted by molar-refractivity contribution is 5.99. The van der Waals surface area contributed by atoms with Gasteiger partial charge in [0.15, 0.2) is 0 Å². The number of likely N-dealkylation sites (tertiary alicyclic amines) is 1. The number of aliphatic hydroxyl groups excluding tert-OH is 1. The number of rotatable bonds is 6. The Kier molecular flexibility index (Phi) is 4.67. The molecule has 2 heterocycles. The van der Waals surface area contributed by atoms with Crippen molar-refractivity contribution >= 4 is 10.8 Å². The first-order valence-electron chi connectivity index (χ1n) is 10.2. The normalized spacial score (nSPS) is 23.3. The molecule has 3 unspecified atom stereocenters. The van der Waals surface area contributed by atoms with E-state index in [9.17, 15) is 13.9 Å². The van der Waals surface area contributed by atoms with Crippen LogP contribution in [0.4, 0.5) is 8.78 Å². The predicted molar refractivity (Wildman–Crippen MR) is 110 cm³/mol. The van der Waals surface area contributed by atoms with Crippen LogP contribution in [0.3, 0.4) is 0 Å². The molecular formula is C23H23F2N3O2. The molecule has 1 N–H and O–H groups in total. The Morgan fingerprint density at radius 1 is 1.13 bits per heavy atom. The summed E-state index contributed by atoms with van der Waals surface area (Å²) < 4.78 is 32.7. The molecule has 5 rings (SSSR count). The van der Waals surface area contributed by atoms with E-state index < -0.39 is 23.9 Å². The van der Waals surface area contributed by atoms with Gasteiger partial charge in [-0.1, -0.05) is 30.3 Å². The number of aromatic nitrogens is 2. The van der Waals surface area contributed by atoms with Crippen LogP contribution in [0.1, 0.15) is 5.82 Å². The van der Waals surface area contributed by atoms with Crippen LogP contribution in [0.5, 0.6) is 5.75 Å². The van der Waals surface area contributed by atoms with Gasteiger partial charge in [0.1, 0.15) is 24.3 Å². The highest BCUT2D eigenvalue weighted by Gasteiger charge is 2.71.